The third-order valence-corrected chi connectivity index (χ3v) is 3.38. The molecule has 21 heavy (non-hydrogen) atoms. The summed E-state index contributed by atoms with van der Waals surface area (Å²) in [5.74, 6) is -3.10. The quantitative estimate of drug-likeness (QED) is 0.566. The van der Waals surface area contributed by atoms with Crippen molar-refractivity contribution in [2.45, 2.75) is 52.0 Å². The molecule has 0 saturated heterocycles. The summed E-state index contributed by atoms with van der Waals surface area (Å²) >= 11 is 0. The Labute approximate surface area is 124 Å². The van der Waals surface area contributed by atoms with Gasteiger partial charge in [-0.05, 0) is 25.5 Å². The largest absolute Gasteiger partial charge is 0.465 e. The average Bonchev–Trinajstić information content (AvgIpc) is 2.48. The molecule has 0 amide bonds. The van der Waals surface area contributed by atoms with Crippen molar-refractivity contribution in [2.75, 3.05) is 12.4 Å². The zero-order chi connectivity index (χ0) is 15.8. The van der Waals surface area contributed by atoms with Gasteiger partial charge in [-0.15, -0.1) is 0 Å². The molecule has 0 radical (unpaired) electrons. The van der Waals surface area contributed by atoms with Crippen LogP contribution in [0.25, 0.3) is 0 Å². The summed E-state index contributed by atoms with van der Waals surface area (Å²) in [7, 11) is 1.13. The van der Waals surface area contributed by atoms with Gasteiger partial charge in [-0.2, -0.15) is 0 Å². The van der Waals surface area contributed by atoms with Crippen molar-refractivity contribution >= 4 is 11.7 Å². The summed E-state index contributed by atoms with van der Waals surface area (Å²) in [6.45, 7) is 4.07. The van der Waals surface area contributed by atoms with Gasteiger partial charge in [0.2, 0.25) is 0 Å². The highest BCUT2D eigenvalue weighted by atomic mass is 19.2. The zero-order valence-electron chi connectivity index (χ0n) is 12.8. The van der Waals surface area contributed by atoms with Crippen LogP contribution in [0.4, 0.5) is 14.5 Å². The van der Waals surface area contributed by atoms with Gasteiger partial charge in [0, 0.05) is 6.04 Å². The predicted octanol–water partition coefficient (Wildman–Crippen LogP) is 4.52. The molecular weight excluding hydrogens is 276 g/mol. The van der Waals surface area contributed by atoms with Crippen LogP contribution in [-0.2, 0) is 4.74 Å². The van der Waals surface area contributed by atoms with Gasteiger partial charge in [-0.25, -0.2) is 13.6 Å². The van der Waals surface area contributed by atoms with E-state index >= 15 is 0 Å². The molecule has 0 fully saturated rings. The molecule has 0 saturated carbocycles. The molecule has 1 atom stereocenters. The third-order valence-electron chi connectivity index (χ3n) is 3.38. The van der Waals surface area contributed by atoms with Crippen LogP contribution >= 0.6 is 0 Å². The van der Waals surface area contributed by atoms with Crippen LogP contribution in [0.3, 0.4) is 0 Å². The number of hydrogen-bond acceptors (Lipinski definition) is 3. The Kier molecular flexibility index (Phi) is 7.12. The van der Waals surface area contributed by atoms with E-state index in [1.807, 2.05) is 6.92 Å². The molecule has 1 unspecified atom stereocenters. The summed E-state index contributed by atoms with van der Waals surface area (Å²) in [6.07, 6.45) is 5.42. The number of benzene rings is 1. The Morgan fingerprint density at radius 3 is 2.57 bits per heavy atom. The number of unbranched alkanes of at least 4 members (excludes halogenated alkanes) is 3. The Morgan fingerprint density at radius 1 is 1.24 bits per heavy atom. The summed E-state index contributed by atoms with van der Waals surface area (Å²) in [5.41, 5.74) is -0.320. The number of esters is 1. The maximum Gasteiger partial charge on any atom is 0.340 e. The van der Waals surface area contributed by atoms with Gasteiger partial charge in [-0.3, -0.25) is 0 Å². The van der Waals surface area contributed by atoms with Crippen molar-refractivity contribution in [1.29, 1.82) is 0 Å². The molecule has 0 aromatic heterocycles. The minimum absolute atomic E-state index is 0.0414. The van der Waals surface area contributed by atoms with Gasteiger partial charge in [0.1, 0.15) is 0 Å². The van der Waals surface area contributed by atoms with Crippen LogP contribution in [0.15, 0.2) is 12.1 Å². The van der Waals surface area contributed by atoms with Gasteiger partial charge in [0.25, 0.3) is 0 Å². The Balaban J connectivity index is 2.68. The number of rotatable bonds is 8. The van der Waals surface area contributed by atoms with E-state index in [0.29, 0.717) is 0 Å². The van der Waals surface area contributed by atoms with Crippen molar-refractivity contribution in [2.24, 2.45) is 0 Å². The number of anilines is 1. The number of ether oxygens (including phenoxy) is 1. The second kappa shape index (κ2) is 8.60. The fourth-order valence-corrected chi connectivity index (χ4v) is 2.14. The second-order valence-corrected chi connectivity index (χ2v) is 5.17. The van der Waals surface area contributed by atoms with Crippen LogP contribution in [0.2, 0.25) is 0 Å². The lowest BCUT2D eigenvalue weighted by Gasteiger charge is -2.16. The normalized spacial score (nSPS) is 12.0. The Hall–Kier alpha value is -1.65. The summed E-state index contributed by atoms with van der Waals surface area (Å²) in [4.78, 5) is 11.3. The molecule has 0 aliphatic rings. The van der Waals surface area contributed by atoms with Crippen LogP contribution in [0.1, 0.15) is 56.3 Å². The van der Waals surface area contributed by atoms with Crippen LogP contribution in [0, 0.1) is 11.6 Å². The van der Waals surface area contributed by atoms with Crippen molar-refractivity contribution in [3.8, 4) is 0 Å². The van der Waals surface area contributed by atoms with Crippen molar-refractivity contribution in [3.63, 3.8) is 0 Å². The van der Waals surface area contributed by atoms with E-state index in [2.05, 4.69) is 17.0 Å². The van der Waals surface area contributed by atoms with E-state index in [1.54, 1.807) is 0 Å². The minimum atomic E-state index is -1.18. The summed E-state index contributed by atoms with van der Waals surface area (Å²) in [6, 6.07) is 2.64. The average molecular weight is 299 g/mol. The third kappa shape index (κ3) is 4.99. The Bertz CT molecular complexity index is 478. The van der Waals surface area contributed by atoms with E-state index in [-0.39, 0.29) is 11.7 Å². The van der Waals surface area contributed by atoms with Gasteiger partial charge < -0.3 is 10.1 Å². The highest BCUT2D eigenvalue weighted by molar-refractivity contribution is 5.90. The van der Waals surface area contributed by atoms with E-state index in [0.717, 1.165) is 32.8 Å². The van der Waals surface area contributed by atoms with E-state index in [9.17, 15) is 13.6 Å². The number of halogens is 2. The van der Waals surface area contributed by atoms with Crippen molar-refractivity contribution in [3.05, 3.63) is 29.3 Å². The highest BCUT2D eigenvalue weighted by Crippen LogP contribution is 2.22. The van der Waals surface area contributed by atoms with Crippen LogP contribution in [0.5, 0.6) is 0 Å². The molecular formula is C16H23F2NO2. The summed E-state index contributed by atoms with van der Waals surface area (Å²) < 4.78 is 32.1. The first-order valence-corrected chi connectivity index (χ1v) is 7.34. The Morgan fingerprint density at radius 2 is 1.95 bits per heavy atom. The van der Waals surface area contributed by atoms with Crippen molar-refractivity contribution < 1.29 is 18.3 Å². The van der Waals surface area contributed by atoms with Crippen LogP contribution in [-0.4, -0.2) is 19.1 Å². The monoisotopic (exact) mass is 299 g/mol. The molecule has 1 aromatic carbocycles. The maximum atomic E-state index is 13.9. The second-order valence-electron chi connectivity index (χ2n) is 5.17. The minimum Gasteiger partial charge on any atom is -0.465 e. The number of methoxy groups -OCH3 is 1. The summed E-state index contributed by atoms with van der Waals surface area (Å²) in [5, 5.41) is 2.94. The molecule has 0 aliphatic heterocycles. The van der Waals surface area contributed by atoms with E-state index < -0.39 is 23.2 Å². The standard InChI is InChI=1S/C16H23F2NO2/c1-4-5-6-7-8-11(2)19-13-10-9-12(16(20)21-3)14(17)15(13)18/h9-11,19H,4-8H2,1-3H3. The lowest BCUT2D eigenvalue weighted by Crippen LogP contribution is -2.17. The molecule has 3 nitrogen and oxygen atoms in total. The molecule has 5 heteroatoms. The van der Waals surface area contributed by atoms with Gasteiger partial charge in [0.15, 0.2) is 11.6 Å². The SMILES string of the molecule is CCCCCCC(C)Nc1ccc(C(=O)OC)c(F)c1F. The molecule has 0 bridgehead atoms. The first kappa shape index (κ1) is 17.4. The van der Waals surface area contributed by atoms with Gasteiger partial charge in [0.05, 0.1) is 18.4 Å². The lowest BCUT2D eigenvalue weighted by atomic mass is 10.1. The van der Waals surface area contributed by atoms with E-state index in [1.165, 1.54) is 18.6 Å². The number of nitrogens with one attached hydrogen (secondary N) is 1. The van der Waals surface area contributed by atoms with Crippen LogP contribution < -0.4 is 5.32 Å². The number of carbonyl (C=O) groups is 1. The fraction of sp³-hybridized carbons (Fsp3) is 0.562. The van der Waals surface area contributed by atoms with Crippen molar-refractivity contribution in [1.82, 2.24) is 0 Å². The first-order valence-electron chi connectivity index (χ1n) is 7.34. The first-order chi connectivity index (χ1) is 10.0. The maximum absolute atomic E-state index is 13.9. The topological polar surface area (TPSA) is 38.3 Å². The van der Waals surface area contributed by atoms with E-state index in [4.69, 9.17) is 0 Å². The fourth-order valence-electron chi connectivity index (χ4n) is 2.14. The molecule has 1 rings (SSSR count). The number of carbonyl (C=O) groups excluding carboxylic acids is 1. The zero-order valence-corrected chi connectivity index (χ0v) is 12.8. The highest BCUT2D eigenvalue weighted by Gasteiger charge is 2.19. The molecule has 0 heterocycles. The molecule has 0 spiro atoms. The lowest BCUT2D eigenvalue weighted by molar-refractivity contribution is 0.0594. The molecule has 0 aliphatic carbocycles. The van der Waals surface area contributed by atoms with Gasteiger partial charge >= 0.3 is 5.97 Å². The molecule has 118 valence electrons. The molecule has 1 aromatic rings. The molecule has 1 N–H and O–H groups in total. The van der Waals surface area contributed by atoms with Gasteiger partial charge in [-0.1, -0.05) is 32.6 Å². The smallest absolute Gasteiger partial charge is 0.340 e. The predicted molar refractivity (Wildman–Crippen MR) is 79.5 cm³/mol. The number of hydrogen-bond donors (Lipinski definition) is 1.